The quantitative estimate of drug-likeness (QED) is 0.769. The van der Waals surface area contributed by atoms with E-state index in [-0.39, 0.29) is 12.4 Å². The Morgan fingerprint density at radius 2 is 2.27 bits per heavy atom. The van der Waals surface area contributed by atoms with Gasteiger partial charge in [0.25, 0.3) is 0 Å². The van der Waals surface area contributed by atoms with Crippen molar-refractivity contribution >= 4 is 24.0 Å². The Labute approximate surface area is 143 Å². The van der Waals surface area contributed by atoms with Gasteiger partial charge in [0.1, 0.15) is 0 Å². The maximum absolute atomic E-state index is 6.55. The van der Waals surface area contributed by atoms with E-state index >= 15 is 0 Å². The Morgan fingerprint density at radius 3 is 3.05 bits per heavy atom. The van der Waals surface area contributed by atoms with Crippen LogP contribution >= 0.6 is 24.0 Å². The average molecular weight is 337 g/mol. The molecular formula is C18H22Cl2N2. The van der Waals surface area contributed by atoms with E-state index in [1.54, 1.807) is 11.1 Å². The number of aryl methyl sites for hydroxylation is 1. The van der Waals surface area contributed by atoms with Gasteiger partial charge in [0.15, 0.2) is 0 Å². The number of hydrogen-bond donors (Lipinski definition) is 0. The second-order valence-electron chi connectivity index (χ2n) is 7.01. The summed E-state index contributed by atoms with van der Waals surface area (Å²) in [5.41, 5.74) is 4.87. The van der Waals surface area contributed by atoms with Gasteiger partial charge in [0, 0.05) is 24.0 Å². The molecule has 2 nitrogen and oxygen atoms in total. The van der Waals surface area contributed by atoms with E-state index in [9.17, 15) is 0 Å². The Balaban J connectivity index is 0.00000144. The van der Waals surface area contributed by atoms with Gasteiger partial charge in [-0.1, -0.05) is 24.6 Å². The maximum Gasteiger partial charge on any atom is 0.0945 e. The van der Waals surface area contributed by atoms with Crippen LogP contribution in [0.3, 0.4) is 0 Å². The summed E-state index contributed by atoms with van der Waals surface area (Å²) >= 11 is 6.55. The van der Waals surface area contributed by atoms with Crippen LogP contribution in [0.5, 0.6) is 0 Å². The van der Waals surface area contributed by atoms with Crippen LogP contribution in [0.1, 0.15) is 42.9 Å². The molecule has 0 saturated heterocycles. The van der Waals surface area contributed by atoms with Crippen LogP contribution < -0.4 is 0 Å². The lowest BCUT2D eigenvalue weighted by Crippen LogP contribution is -2.37. The maximum atomic E-state index is 6.55. The van der Waals surface area contributed by atoms with Gasteiger partial charge in [-0.25, -0.2) is 4.98 Å². The van der Waals surface area contributed by atoms with Gasteiger partial charge >= 0.3 is 0 Å². The molecule has 0 fully saturated rings. The van der Waals surface area contributed by atoms with E-state index in [1.807, 2.05) is 12.5 Å². The van der Waals surface area contributed by atoms with Gasteiger partial charge in [-0.05, 0) is 66.2 Å². The summed E-state index contributed by atoms with van der Waals surface area (Å²) in [7, 11) is 0. The first kappa shape index (κ1) is 15.9. The summed E-state index contributed by atoms with van der Waals surface area (Å²) in [6.07, 6.45) is 12.1. The molecule has 0 N–H and O–H groups in total. The molecule has 0 unspecified atom stereocenters. The van der Waals surface area contributed by atoms with Gasteiger partial charge in [-0.15, -0.1) is 12.4 Å². The van der Waals surface area contributed by atoms with Gasteiger partial charge in [0.05, 0.1) is 6.33 Å². The standard InChI is InChI=1S/C18H21ClN2.ClH/c1-18-6-2-3-14-4-5-16(19)15(17(14)18)9-13(10-18)11-21-8-7-20-12-21;/h4-5,7-8,12-13H,2-3,6,9-11H2,1H3;1H/t13-,18-;/m1./s1. The van der Waals surface area contributed by atoms with Crippen molar-refractivity contribution in [2.75, 3.05) is 0 Å². The molecule has 2 aliphatic carbocycles. The Hall–Kier alpha value is -0.990. The molecule has 0 bridgehead atoms. The second kappa shape index (κ2) is 5.90. The number of halogens is 2. The van der Waals surface area contributed by atoms with Gasteiger partial charge in [-0.3, -0.25) is 0 Å². The summed E-state index contributed by atoms with van der Waals surface area (Å²) in [5, 5.41) is 0.970. The van der Waals surface area contributed by atoms with Gasteiger partial charge in [0.2, 0.25) is 0 Å². The van der Waals surface area contributed by atoms with Crippen LogP contribution in [0.4, 0.5) is 0 Å². The molecule has 4 heteroatoms. The summed E-state index contributed by atoms with van der Waals surface area (Å²) < 4.78 is 2.21. The lowest BCUT2D eigenvalue weighted by Gasteiger charge is -2.44. The molecule has 1 aromatic heterocycles. The van der Waals surface area contributed by atoms with Crippen LogP contribution in [0.15, 0.2) is 30.9 Å². The first-order valence-electron chi connectivity index (χ1n) is 7.92. The van der Waals surface area contributed by atoms with Crippen molar-refractivity contribution < 1.29 is 0 Å². The molecule has 1 aromatic carbocycles. The van der Waals surface area contributed by atoms with Crippen LogP contribution in [0.2, 0.25) is 5.02 Å². The minimum absolute atomic E-state index is 0. The SMILES string of the molecule is C[C@]12CCCc3ccc(Cl)c(c31)C[C@@H](Cn1ccnc1)C2.Cl. The van der Waals surface area contributed by atoms with Crippen molar-refractivity contribution in [3.8, 4) is 0 Å². The van der Waals surface area contributed by atoms with Crippen molar-refractivity contribution in [1.29, 1.82) is 0 Å². The lowest BCUT2D eigenvalue weighted by atomic mass is 9.61. The van der Waals surface area contributed by atoms with Crippen molar-refractivity contribution in [2.45, 2.75) is 51.0 Å². The van der Waals surface area contributed by atoms with Crippen molar-refractivity contribution in [3.05, 3.63) is 52.6 Å². The summed E-state index contributed by atoms with van der Waals surface area (Å²) in [6.45, 7) is 3.50. The Bertz CT molecular complexity index is 666. The number of aromatic nitrogens is 2. The number of rotatable bonds is 2. The van der Waals surface area contributed by atoms with Gasteiger partial charge in [-0.2, -0.15) is 0 Å². The van der Waals surface area contributed by atoms with E-state index in [0.717, 1.165) is 18.0 Å². The molecule has 2 aliphatic rings. The topological polar surface area (TPSA) is 17.8 Å². The highest BCUT2D eigenvalue weighted by atomic mass is 35.5. The predicted molar refractivity (Wildman–Crippen MR) is 93.0 cm³/mol. The Morgan fingerprint density at radius 1 is 1.41 bits per heavy atom. The highest BCUT2D eigenvalue weighted by Gasteiger charge is 2.40. The molecule has 0 spiro atoms. The fourth-order valence-corrected chi connectivity index (χ4v) is 4.88. The van der Waals surface area contributed by atoms with Crippen LogP contribution in [0, 0.1) is 5.92 Å². The van der Waals surface area contributed by atoms with Crippen LogP contribution in [-0.2, 0) is 24.8 Å². The zero-order valence-electron chi connectivity index (χ0n) is 12.9. The third-order valence-electron chi connectivity index (χ3n) is 5.38. The van der Waals surface area contributed by atoms with E-state index in [4.69, 9.17) is 11.6 Å². The smallest absolute Gasteiger partial charge is 0.0945 e. The molecule has 22 heavy (non-hydrogen) atoms. The first-order chi connectivity index (χ1) is 10.2. The molecule has 0 aliphatic heterocycles. The fourth-order valence-electron chi connectivity index (χ4n) is 4.65. The third kappa shape index (κ3) is 2.57. The minimum atomic E-state index is 0. The molecule has 0 saturated carbocycles. The van der Waals surface area contributed by atoms with Crippen molar-refractivity contribution in [1.82, 2.24) is 9.55 Å². The zero-order chi connectivity index (χ0) is 14.4. The molecule has 0 amide bonds. The fraction of sp³-hybridized carbons (Fsp3) is 0.500. The number of imidazole rings is 1. The zero-order valence-corrected chi connectivity index (χ0v) is 14.5. The molecule has 118 valence electrons. The lowest BCUT2D eigenvalue weighted by molar-refractivity contribution is 0.251. The summed E-state index contributed by atoms with van der Waals surface area (Å²) in [5.74, 6) is 0.655. The number of benzene rings is 1. The van der Waals surface area contributed by atoms with Crippen LogP contribution in [-0.4, -0.2) is 9.55 Å². The first-order valence-corrected chi connectivity index (χ1v) is 8.30. The molecule has 2 atom stereocenters. The summed E-state index contributed by atoms with van der Waals surface area (Å²) in [4.78, 5) is 4.17. The van der Waals surface area contributed by atoms with E-state index in [1.165, 1.54) is 31.2 Å². The van der Waals surface area contributed by atoms with E-state index in [0.29, 0.717) is 11.3 Å². The highest BCUT2D eigenvalue weighted by Crippen LogP contribution is 2.49. The average Bonchev–Trinajstić information content (AvgIpc) is 2.94. The molecule has 1 heterocycles. The van der Waals surface area contributed by atoms with E-state index in [2.05, 4.69) is 34.8 Å². The van der Waals surface area contributed by atoms with Crippen molar-refractivity contribution in [2.24, 2.45) is 5.92 Å². The Kier molecular flexibility index (Phi) is 4.26. The molecule has 2 aromatic rings. The second-order valence-corrected chi connectivity index (χ2v) is 7.42. The normalized spacial score (nSPS) is 26.2. The number of hydrogen-bond acceptors (Lipinski definition) is 1. The minimum Gasteiger partial charge on any atom is -0.337 e. The monoisotopic (exact) mass is 336 g/mol. The third-order valence-corrected chi connectivity index (χ3v) is 5.73. The molecular weight excluding hydrogens is 315 g/mol. The largest absolute Gasteiger partial charge is 0.337 e. The molecule has 4 rings (SSSR count). The highest BCUT2D eigenvalue weighted by molar-refractivity contribution is 6.31. The van der Waals surface area contributed by atoms with Crippen LogP contribution in [0.25, 0.3) is 0 Å². The number of nitrogens with zero attached hydrogens (tertiary/aromatic N) is 2. The predicted octanol–water partition coefficient (Wildman–Crippen LogP) is 4.81. The van der Waals surface area contributed by atoms with Gasteiger partial charge < -0.3 is 4.57 Å². The van der Waals surface area contributed by atoms with E-state index < -0.39 is 0 Å². The van der Waals surface area contributed by atoms with Crippen molar-refractivity contribution in [3.63, 3.8) is 0 Å². The summed E-state index contributed by atoms with van der Waals surface area (Å²) in [6, 6.07) is 4.37. The molecule has 0 radical (unpaired) electrons.